The number of aliphatic hydroxyl groups is 1. The first kappa shape index (κ1) is 20.3. The number of nitrogens with two attached hydrogens (primary N) is 1. The van der Waals surface area contributed by atoms with Crippen LogP contribution in [0.3, 0.4) is 0 Å². The zero-order valence-electron chi connectivity index (χ0n) is 14.2. The van der Waals surface area contributed by atoms with Gasteiger partial charge in [0.2, 0.25) is 0 Å². The molecule has 0 aromatic heterocycles. The van der Waals surface area contributed by atoms with Gasteiger partial charge in [0.15, 0.2) is 5.78 Å². The molecule has 0 saturated heterocycles. The number of nitriles is 1. The van der Waals surface area contributed by atoms with Crippen molar-refractivity contribution >= 4 is 23.1 Å². The van der Waals surface area contributed by atoms with E-state index in [-0.39, 0.29) is 41.2 Å². The number of nitrogens with zero attached hydrogens (tertiary/aromatic N) is 1. The van der Waals surface area contributed by atoms with E-state index in [1.807, 2.05) is 13.0 Å². The molecule has 2 unspecified atom stereocenters. The Morgan fingerprint density at radius 1 is 1.46 bits per heavy atom. The molecule has 0 aliphatic carbocycles. The molecule has 24 heavy (non-hydrogen) atoms. The normalized spacial score (nSPS) is 13.1. The van der Waals surface area contributed by atoms with Gasteiger partial charge in [0, 0.05) is 11.5 Å². The maximum Gasteiger partial charge on any atom is 0.168 e. The van der Waals surface area contributed by atoms with E-state index in [1.165, 1.54) is 0 Å². The van der Waals surface area contributed by atoms with Crippen LogP contribution in [-0.2, 0) is 0 Å². The number of hydrogen-bond donors (Lipinski definition) is 2. The number of hydrogen-bond acceptors (Lipinski definition) is 5. The molecule has 3 N–H and O–H groups in total. The van der Waals surface area contributed by atoms with Gasteiger partial charge >= 0.3 is 0 Å². The number of alkyl halides is 1. The van der Waals surface area contributed by atoms with Crippen LogP contribution < -0.4 is 10.5 Å². The minimum absolute atomic E-state index is 0.0313. The number of aliphatic hydroxyl groups excluding tert-OH is 1. The average molecular weight is 353 g/mol. The molecule has 132 valence electrons. The fraction of sp³-hybridized carbons (Fsp3) is 0.556. The predicted molar refractivity (Wildman–Crippen MR) is 95.4 cm³/mol. The van der Waals surface area contributed by atoms with Gasteiger partial charge in [-0.15, -0.1) is 11.6 Å². The highest BCUT2D eigenvalue weighted by Gasteiger charge is 2.23. The smallest absolute Gasteiger partial charge is 0.168 e. The van der Waals surface area contributed by atoms with Crippen LogP contribution in [0.1, 0.15) is 55.5 Å². The molecule has 1 aromatic rings. The molecule has 0 fully saturated rings. The molecule has 0 saturated carbocycles. The quantitative estimate of drug-likeness (QED) is 0.381. The van der Waals surface area contributed by atoms with Crippen molar-refractivity contribution < 1.29 is 14.6 Å². The van der Waals surface area contributed by atoms with Gasteiger partial charge < -0.3 is 15.6 Å². The van der Waals surface area contributed by atoms with Crippen molar-refractivity contribution in [2.75, 3.05) is 18.2 Å². The Kier molecular flexibility index (Phi) is 8.59. The highest BCUT2D eigenvalue weighted by molar-refractivity contribution is 6.18. The molecule has 0 spiro atoms. The summed E-state index contributed by atoms with van der Waals surface area (Å²) in [5, 5.41) is 18.8. The molecule has 0 bridgehead atoms. The van der Waals surface area contributed by atoms with Crippen LogP contribution in [0.2, 0.25) is 0 Å². The summed E-state index contributed by atoms with van der Waals surface area (Å²) >= 11 is 5.52. The number of benzene rings is 1. The van der Waals surface area contributed by atoms with Crippen LogP contribution in [0, 0.1) is 17.2 Å². The molecule has 0 heterocycles. The fourth-order valence-electron chi connectivity index (χ4n) is 2.47. The fourth-order valence-corrected chi connectivity index (χ4v) is 2.56. The monoisotopic (exact) mass is 352 g/mol. The summed E-state index contributed by atoms with van der Waals surface area (Å²) in [6, 6.07) is 5.13. The topological polar surface area (TPSA) is 96.3 Å². The third-order valence-electron chi connectivity index (χ3n) is 3.96. The van der Waals surface area contributed by atoms with Crippen molar-refractivity contribution in [3.05, 3.63) is 23.3 Å². The first-order valence-electron chi connectivity index (χ1n) is 8.23. The second kappa shape index (κ2) is 10.2. The first-order chi connectivity index (χ1) is 11.5. The standard InChI is InChI=1S/C18H25ClN2O3/c1-3-5-6-12(4-2)18(23)14-7-8-16(15(10-20)17(14)21)24-11-13(22)9-19/h7-8,12-13,22H,3-6,9,11,21H2,1-2H3. The molecular weight excluding hydrogens is 328 g/mol. The third-order valence-corrected chi connectivity index (χ3v) is 4.32. The lowest BCUT2D eigenvalue weighted by Gasteiger charge is -2.17. The summed E-state index contributed by atoms with van der Waals surface area (Å²) in [6.07, 6.45) is 2.72. The number of rotatable bonds is 10. The molecule has 2 atom stereocenters. The lowest BCUT2D eigenvalue weighted by atomic mass is 9.89. The number of unbranched alkanes of at least 4 members (excludes halogenated alkanes) is 1. The molecule has 0 radical (unpaired) electrons. The number of ketones is 1. The number of Topliss-reactive ketones (excluding diaryl/α,β-unsaturated/α-hetero) is 1. The Morgan fingerprint density at radius 2 is 2.17 bits per heavy atom. The van der Waals surface area contributed by atoms with Gasteiger partial charge in [-0.2, -0.15) is 5.26 Å². The summed E-state index contributed by atoms with van der Waals surface area (Å²) in [7, 11) is 0. The van der Waals surface area contributed by atoms with Gasteiger partial charge in [-0.05, 0) is 25.0 Å². The van der Waals surface area contributed by atoms with Crippen molar-refractivity contribution in [2.45, 2.75) is 45.6 Å². The van der Waals surface area contributed by atoms with Gasteiger partial charge in [0.25, 0.3) is 0 Å². The van der Waals surface area contributed by atoms with E-state index in [0.717, 1.165) is 25.7 Å². The van der Waals surface area contributed by atoms with E-state index in [4.69, 9.17) is 22.1 Å². The molecular formula is C18H25ClN2O3. The minimum Gasteiger partial charge on any atom is -0.489 e. The van der Waals surface area contributed by atoms with Crippen LogP contribution in [-0.4, -0.2) is 29.5 Å². The number of anilines is 1. The highest BCUT2D eigenvalue weighted by atomic mass is 35.5. The third kappa shape index (κ3) is 5.12. The van der Waals surface area contributed by atoms with E-state index in [1.54, 1.807) is 12.1 Å². The van der Waals surface area contributed by atoms with Gasteiger partial charge in [-0.3, -0.25) is 4.79 Å². The Bertz CT molecular complexity index is 599. The summed E-state index contributed by atoms with van der Waals surface area (Å²) < 4.78 is 5.40. The van der Waals surface area contributed by atoms with Gasteiger partial charge in [-0.25, -0.2) is 0 Å². The Hall–Kier alpha value is -1.77. The van der Waals surface area contributed by atoms with Crippen molar-refractivity contribution in [1.29, 1.82) is 5.26 Å². The number of halogens is 1. The molecule has 1 aromatic carbocycles. The van der Waals surface area contributed by atoms with Crippen molar-refractivity contribution in [1.82, 2.24) is 0 Å². The van der Waals surface area contributed by atoms with Gasteiger partial charge in [-0.1, -0.05) is 26.7 Å². The largest absolute Gasteiger partial charge is 0.489 e. The number of carbonyl (C=O) groups is 1. The molecule has 0 aliphatic rings. The highest BCUT2D eigenvalue weighted by Crippen LogP contribution is 2.30. The second-order valence-corrected chi connectivity index (χ2v) is 6.05. The second-order valence-electron chi connectivity index (χ2n) is 5.74. The minimum atomic E-state index is -0.834. The summed E-state index contributed by atoms with van der Waals surface area (Å²) in [5.41, 5.74) is 6.66. The average Bonchev–Trinajstić information content (AvgIpc) is 2.59. The van der Waals surface area contributed by atoms with Crippen LogP contribution in [0.5, 0.6) is 5.75 Å². The lowest BCUT2D eigenvalue weighted by Crippen LogP contribution is -2.20. The lowest BCUT2D eigenvalue weighted by molar-refractivity contribution is 0.0908. The first-order valence-corrected chi connectivity index (χ1v) is 8.77. The molecule has 1 rings (SSSR count). The van der Waals surface area contributed by atoms with Gasteiger partial charge in [0.1, 0.15) is 30.1 Å². The van der Waals surface area contributed by atoms with Crippen LogP contribution in [0.15, 0.2) is 12.1 Å². The molecule has 0 amide bonds. The Morgan fingerprint density at radius 3 is 2.71 bits per heavy atom. The SMILES string of the molecule is CCCCC(CC)C(=O)c1ccc(OCC(O)CCl)c(C#N)c1N. The maximum absolute atomic E-state index is 12.7. The Labute approximate surface area is 148 Å². The van der Waals surface area contributed by atoms with Crippen molar-refractivity contribution in [2.24, 2.45) is 5.92 Å². The number of carbonyl (C=O) groups excluding carboxylic acids is 1. The molecule has 0 aliphatic heterocycles. The Balaban J connectivity index is 3.06. The van der Waals surface area contributed by atoms with E-state index in [9.17, 15) is 15.2 Å². The van der Waals surface area contributed by atoms with E-state index in [0.29, 0.717) is 5.56 Å². The zero-order valence-corrected chi connectivity index (χ0v) is 15.0. The summed E-state index contributed by atoms with van der Waals surface area (Å²) in [6.45, 7) is 4.02. The van der Waals surface area contributed by atoms with E-state index >= 15 is 0 Å². The number of ether oxygens (including phenoxy) is 1. The number of nitrogen functional groups attached to an aromatic ring is 1. The zero-order chi connectivity index (χ0) is 18.1. The molecule has 6 heteroatoms. The van der Waals surface area contributed by atoms with Crippen molar-refractivity contribution in [3.8, 4) is 11.8 Å². The van der Waals surface area contributed by atoms with Gasteiger partial charge in [0.05, 0.1) is 11.6 Å². The van der Waals surface area contributed by atoms with Crippen molar-refractivity contribution in [3.63, 3.8) is 0 Å². The summed E-state index contributed by atoms with van der Waals surface area (Å²) in [4.78, 5) is 12.7. The van der Waals surface area contributed by atoms with Crippen LogP contribution in [0.25, 0.3) is 0 Å². The predicted octanol–water partition coefficient (Wildman–Crippen LogP) is 3.52. The van der Waals surface area contributed by atoms with Crippen LogP contribution >= 0.6 is 11.6 Å². The molecule has 5 nitrogen and oxygen atoms in total. The van der Waals surface area contributed by atoms with E-state index < -0.39 is 6.10 Å². The van der Waals surface area contributed by atoms with E-state index in [2.05, 4.69) is 6.92 Å². The van der Waals surface area contributed by atoms with Crippen LogP contribution in [0.4, 0.5) is 5.69 Å². The maximum atomic E-state index is 12.7. The summed E-state index contributed by atoms with van der Waals surface area (Å²) in [5.74, 6) is 0.150.